The van der Waals surface area contributed by atoms with Gasteiger partial charge in [0.25, 0.3) is 0 Å². The van der Waals surface area contributed by atoms with Gasteiger partial charge >= 0.3 is 0 Å². The lowest BCUT2D eigenvalue weighted by molar-refractivity contribution is -0.0266. The van der Waals surface area contributed by atoms with Gasteiger partial charge in [0.1, 0.15) is 22.9 Å². The molecule has 5 heterocycles. The summed E-state index contributed by atoms with van der Waals surface area (Å²) in [4.78, 5) is 20.0. The number of rotatable bonds is 6. The zero-order valence-electron chi connectivity index (χ0n) is 24.1. The molecule has 2 saturated heterocycles. The SMILES string of the molecule is Cc1nc2c(F)cc(-c3nc(Nc4ccc([C@@H](C)N5CCC6(CCOCC6)CC5)cn4)ncc3F)cc2n1C(C)C. The molecule has 0 radical (unpaired) electrons. The summed E-state index contributed by atoms with van der Waals surface area (Å²) in [6.45, 7) is 12.0. The average molecular weight is 562 g/mol. The number of nitrogens with zero attached hydrogens (tertiary/aromatic N) is 6. The Morgan fingerprint density at radius 3 is 2.37 bits per heavy atom. The average Bonchev–Trinajstić information content (AvgIpc) is 3.31. The molecule has 0 bridgehead atoms. The molecule has 3 aromatic heterocycles. The van der Waals surface area contributed by atoms with Gasteiger partial charge in [-0.1, -0.05) is 6.07 Å². The van der Waals surface area contributed by atoms with Gasteiger partial charge in [0.05, 0.1) is 11.7 Å². The fourth-order valence-electron chi connectivity index (χ4n) is 6.43. The highest BCUT2D eigenvalue weighted by Gasteiger charge is 2.37. The topological polar surface area (TPSA) is 81.0 Å². The number of pyridine rings is 1. The van der Waals surface area contributed by atoms with Crippen LogP contribution in [0.25, 0.3) is 22.3 Å². The second-order valence-corrected chi connectivity index (χ2v) is 11.8. The Bertz CT molecular complexity index is 1540. The smallest absolute Gasteiger partial charge is 0.229 e. The Labute approximate surface area is 239 Å². The minimum atomic E-state index is -0.636. The lowest BCUT2D eigenvalue weighted by atomic mass is 9.72. The number of imidazole rings is 1. The molecular formula is C31H37F2N7O. The third kappa shape index (κ3) is 5.42. The molecule has 0 amide bonds. The van der Waals surface area contributed by atoms with Crippen LogP contribution in [0.15, 0.2) is 36.7 Å². The van der Waals surface area contributed by atoms with Crippen LogP contribution in [-0.2, 0) is 4.74 Å². The van der Waals surface area contributed by atoms with Crippen molar-refractivity contribution in [1.29, 1.82) is 0 Å². The quantitative estimate of drug-likeness (QED) is 0.279. The van der Waals surface area contributed by atoms with Crippen molar-refractivity contribution in [2.45, 2.75) is 65.5 Å². The maximum atomic E-state index is 15.0. The van der Waals surface area contributed by atoms with Crippen molar-refractivity contribution in [3.8, 4) is 11.3 Å². The van der Waals surface area contributed by atoms with Gasteiger partial charge in [-0.2, -0.15) is 0 Å². The number of fused-ring (bicyclic) bond motifs is 1. The van der Waals surface area contributed by atoms with E-state index in [1.54, 1.807) is 6.07 Å². The number of hydrogen-bond donors (Lipinski definition) is 1. The van der Waals surface area contributed by atoms with E-state index >= 15 is 4.39 Å². The monoisotopic (exact) mass is 561 g/mol. The van der Waals surface area contributed by atoms with Crippen molar-refractivity contribution < 1.29 is 13.5 Å². The van der Waals surface area contributed by atoms with E-state index in [1.807, 2.05) is 37.6 Å². The van der Waals surface area contributed by atoms with Gasteiger partial charge in [-0.25, -0.2) is 28.7 Å². The minimum Gasteiger partial charge on any atom is -0.381 e. The summed E-state index contributed by atoms with van der Waals surface area (Å²) in [5, 5.41) is 3.07. The normalized spacial score (nSPS) is 18.3. The first-order chi connectivity index (χ1) is 19.7. The number of piperidine rings is 1. The third-order valence-electron chi connectivity index (χ3n) is 8.93. The lowest BCUT2D eigenvalue weighted by Gasteiger charge is -2.45. The van der Waals surface area contributed by atoms with Gasteiger partial charge in [0.15, 0.2) is 11.6 Å². The summed E-state index contributed by atoms with van der Waals surface area (Å²) in [5.41, 5.74) is 2.79. The lowest BCUT2D eigenvalue weighted by Crippen LogP contribution is -2.43. The van der Waals surface area contributed by atoms with E-state index in [-0.39, 0.29) is 29.2 Å². The van der Waals surface area contributed by atoms with Gasteiger partial charge in [-0.3, -0.25) is 4.90 Å². The van der Waals surface area contributed by atoms with Crippen molar-refractivity contribution in [1.82, 2.24) is 29.4 Å². The third-order valence-corrected chi connectivity index (χ3v) is 8.93. The molecule has 216 valence electrons. The van der Waals surface area contributed by atoms with E-state index in [0.717, 1.165) is 38.1 Å². The van der Waals surface area contributed by atoms with E-state index in [2.05, 4.69) is 43.1 Å². The second-order valence-electron chi connectivity index (χ2n) is 11.8. The number of halogens is 2. The first-order valence-corrected chi connectivity index (χ1v) is 14.5. The molecule has 0 saturated carbocycles. The van der Waals surface area contributed by atoms with E-state index in [1.165, 1.54) is 31.7 Å². The predicted octanol–water partition coefficient (Wildman–Crippen LogP) is 6.75. The Kier molecular flexibility index (Phi) is 7.46. The van der Waals surface area contributed by atoms with Crippen LogP contribution in [0.3, 0.4) is 0 Å². The number of aryl methyl sites for hydroxylation is 1. The van der Waals surface area contributed by atoms with Crippen molar-refractivity contribution in [2.75, 3.05) is 31.6 Å². The van der Waals surface area contributed by atoms with Crippen LogP contribution in [0.1, 0.15) is 69.9 Å². The summed E-state index contributed by atoms with van der Waals surface area (Å²) in [6.07, 6.45) is 7.75. The van der Waals surface area contributed by atoms with Crippen molar-refractivity contribution in [3.63, 3.8) is 0 Å². The zero-order chi connectivity index (χ0) is 28.7. The molecule has 41 heavy (non-hydrogen) atoms. The summed E-state index contributed by atoms with van der Waals surface area (Å²) in [7, 11) is 0. The van der Waals surface area contributed by atoms with Crippen molar-refractivity contribution in [2.24, 2.45) is 5.41 Å². The molecule has 1 aromatic carbocycles. The second kappa shape index (κ2) is 11.1. The number of benzene rings is 1. The van der Waals surface area contributed by atoms with E-state index in [9.17, 15) is 4.39 Å². The first-order valence-electron chi connectivity index (χ1n) is 14.5. The molecule has 1 spiro atoms. The van der Waals surface area contributed by atoms with Crippen molar-refractivity contribution >= 4 is 22.8 Å². The van der Waals surface area contributed by atoms with Crippen LogP contribution in [0.2, 0.25) is 0 Å². The summed E-state index contributed by atoms with van der Waals surface area (Å²) >= 11 is 0. The fraction of sp³-hybridized carbons (Fsp3) is 0.484. The van der Waals surface area contributed by atoms with Crippen LogP contribution < -0.4 is 5.32 Å². The molecule has 1 N–H and O–H groups in total. The number of aromatic nitrogens is 5. The van der Waals surface area contributed by atoms with E-state index in [4.69, 9.17) is 4.74 Å². The van der Waals surface area contributed by atoms with Gasteiger partial charge < -0.3 is 14.6 Å². The minimum absolute atomic E-state index is 0.00935. The summed E-state index contributed by atoms with van der Waals surface area (Å²) in [6, 6.07) is 7.27. The molecule has 1 atom stereocenters. The highest BCUT2D eigenvalue weighted by Crippen LogP contribution is 2.42. The Hall–Kier alpha value is -3.50. The van der Waals surface area contributed by atoms with Gasteiger partial charge in [0, 0.05) is 37.1 Å². The number of likely N-dealkylation sites (tertiary alicyclic amines) is 1. The Morgan fingerprint density at radius 2 is 1.68 bits per heavy atom. The first kappa shape index (κ1) is 27.7. The molecule has 8 nitrogen and oxygen atoms in total. The highest BCUT2D eigenvalue weighted by atomic mass is 19.1. The van der Waals surface area contributed by atoms with Crippen LogP contribution in [-0.4, -0.2) is 55.7 Å². The summed E-state index contributed by atoms with van der Waals surface area (Å²) in [5.74, 6) is 0.275. The van der Waals surface area contributed by atoms with E-state index < -0.39 is 11.6 Å². The number of nitrogens with one attached hydrogen (secondary N) is 1. The highest BCUT2D eigenvalue weighted by molar-refractivity contribution is 5.83. The molecule has 2 aliphatic rings. The van der Waals surface area contributed by atoms with Crippen LogP contribution >= 0.6 is 0 Å². The molecule has 2 aliphatic heterocycles. The molecule has 10 heteroatoms. The Morgan fingerprint density at radius 1 is 0.927 bits per heavy atom. The predicted molar refractivity (Wildman–Crippen MR) is 155 cm³/mol. The van der Waals surface area contributed by atoms with Gasteiger partial charge in [0.2, 0.25) is 5.95 Å². The van der Waals surface area contributed by atoms with Gasteiger partial charge in [-0.05, 0) is 95.6 Å². The van der Waals surface area contributed by atoms with E-state index in [0.29, 0.717) is 28.1 Å². The maximum absolute atomic E-state index is 15.0. The molecule has 2 fully saturated rings. The van der Waals surface area contributed by atoms with Gasteiger partial charge in [-0.15, -0.1) is 0 Å². The maximum Gasteiger partial charge on any atom is 0.229 e. The van der Waals surface area contributed by atoms with Crippen LogP contribution in [0.5, 0.6) is 0 Å². The molecular weight excluding hydrogens is 524 g/mol. The number of hydrogen-bond acceptors (Lipinski definition) is 7. The molecule has 6 rings (SSSR count). The number of ether oxygens (including phenoxy) is 1. The largest absolute Gasteiger partial charge is 0.381 e. The van der Waals surface area contributed by atoms with Crippen molar-refractivity contribution in [3.05, 3.63) is 59.7 Å². The summed E-state index contributed by atoms with van der Waals surface area (Å²) < 4.78 is 37.4. The zero-order valence-corrected chi connectivity index (χ0v) is 24.1. The molecule has 0 aliphatic carbocycles. The Balaban J connectivity index is 1.18. The van der Waals surface area contributed by atoms with Crippen LogP contribution in [0.4, 0.5) is 20.5 Å². The standard InChI is InChI=1S/C31H37F2N7O/c1-19(2)40-21(4)36-29-24(32)15-23(16-26(29)40)28-25(33)18-35-30(38-28)37-27-6-5-22(17-34-27)20(3)39-11-7-31(8-12-39)9-13-41-14-10-31/h5-6,15-20H,7-14H2,1-4H3,(H,34,35,37,38)/t20-/m1/s1. The fourth-order valence-corrected chi connectivity index (χ4v) is 6.43. The molecule has 4 aromatic rings. The number of anilines is 2. The molecule has 0 unspecified atom stereocenters. The van der Waals surface area contributed by atoms with Crippen LogP contribution in [0, 0.1) is 24.0 Å².